The first-order chi connectivity index (χ1) is 9.22. The maximum absolute atomic E-state index is 5.93. The topological polar surface area (TPSA) is 63.8 Å². The Morgan fingerprint density at radius 3 is 2.63 bits per heavy atom. The molecule has 4 heteroatoms. The molecule has 3 N–H and O–H groups in total. The van der Waals surface area contributed by atoms with Crippen LogP contribution in [0.25, 0.3) is 10.9 Å². The molecule has 4 nitrogen and oxygen atoms in total. The van der Waals surface area contributed by atoms with Gasteiger partial charge in [0.15, 0.2) is 0 Å². The molecule has 1 saturated carbocycles. The Balaban J connectivity index is 1.81. The Kier molecular flexibility index (Phi) is 3.34. The number of fused-ring (bicyclic) bond motifs is 1. The molecule has 0 radical (unpaired) electrons. The molecule has 0 amide bonds. The standard InChI is InChI=1S/C15H20N4/c1-10-13-4-2-3-5-14(13)19-15(17-10)18-12-8-6-11(16)7-9-12/h2-5,11-12H,6-9,16H2,1H3,(H,17,18,19)/t11-,12+. The van der Waals surface area contributed by atoms with Crippen LogP contribution in [0, 0.1) is 6.92 Å². The molecule has 1 fully saturated rings. The van der Waals surface area contributed by atoms with Crippen LogP contribution in [-0.2, 0) is 0 Å². The Bertz CT molecular complexity index is 573. The number of hydrogen-bond donors (Lipinski definition) is 2. The van der Waals surface area contributed by atoms with Gasteiger partial charge in [0.1, 0.15) is 0 Å². The van der Waals surface area contributed by atoms with Gasteiger partial charge in [0.25, 0.3) is 0 Å². The largest absolute Gasteiger partial charge is 0.351 e. The van der Waals surface area contributed by atoms with Crippen LogP contribution in [-0.4, -0.2) is 22.1 Å². The third-order valence-corrected chi connectivity index (χ3v) is 3.90. The fourth-order valence-electron chi connectivity index (χ4n) is 2.75. The minimum Gasteiger partial charge on any atom is -0.351 e. The van der Waals surface area contributed by atoms with Crippen LogP contribution in [0.1, 0.15) is 31.4 Å². The van der Waals surface area contributed by atoms with Crippen LogP contribution < -0.4 is 11.1 Å². The number of benzene rings is 1. The van der Waals surface area contributed by atoms with Crippen LogP contribution in [0.15, 0.2) is 24.3 Å². The molecule has 2 aromatic rings. The van der Waals surface area contributed by atoms with Crippen LogP contribution in [0.4, 0.5) is 5.95 Å². The molecule has 1 aliphatic rings. The highest BCUT2D eigenvalue weighted by Gasteiger charge is 2.19. The lowest BCUT2D eigenvalue weighted by Gasteiger charge is -2.26. The van der Waals surface area contributed by atoms with Crippen molar-refractivity contribution >= 4 is 16.9 Å². The molecule has 100 valence electrons. The van der Waals surface area contributed by atoms with Crippen molar-refractivity contribution in [2.24, 2.45) is 5.73 Å². The van der Waals surface area contributed by atoms with Gasteiger partial charge < -0.3 is 11.1 Å². The zero-order valence-electron chi connectivity index (χ0n) is 11.3. The number of nitrogens with one attached hydrogen (secondary N) is 1. The monoisotopic (exact) mass is 256 g/mol. The van der Waals surface area contributed by atoms with Crippen LogP contribution in [0.2, 0.25) is 0 Å². The second-order valence-corrected chi connectivity index (χ2v) is 5.41. The van der Waals surface area contributed by atoms with Crippen molar-refractivity contribution in [2.75, 3.05) is 5.32 Å². The lowest BCUT2D eigenvalue weighted by molar-refractivity contribution is 0.410. The normalized spacial score (nSPS) is 23.5. The maximum atomic E-state index is 5.93. The number of para-hydroxylation sites is 1. The van der Waals surface area contributed by atoms with Gasteiger partial charge in [0, 0.05) is 17.5 Å². The predicted octanol–water partition coefficient (Wildman–Crippen LogP) is 2.62. The lowest BCUT2D eigenvalue weighted by Crippen LogP contribution is -2.33. The zero-order chi connectivity index (χ0) is 13.2. The SMILES string of the molecule is Cc1nc(N[C@H]2CC[C@@H](N)CC2)nc2ccccc12. The summed E-state index contributed by atoms with van der Waals surface area (Å²) >= 11 is 0. The molecule has 1 aliphatic carbocycles. The average molecular weight is 256 g/mol. The molecule has 1 aromatic carbocycles. The molecule has 0 saturated heterocycles. The minimum absolute atomic E-state index is 0.373. The van der Waals surface area contributed by atoms with E-state index in [-0.39, 0.29) is 0 Å². The van der Waals surface area contributed by atoms with Crippen molar-refractivity contribution in [1.29, 1.82) is 0 Å². The van der Waals surface area contributed by atoms with Gasteiger partial charge in [-0.05, 0) is 38.7 Å². The van der Waals surface area contributed by atoms with Crippen LogP contribution >= 0.6 is 0 Å². The van der Waals surface area contributed by atoms with Gasteiger partial charge in [-0.3, -0.25) is 0 Å². The highest BCUT2D eigenvalue weighted by molar-refractivity contribution is 5.81. The first kappa shape index (κ1) is 12.4. The van der Waals surface area contributed by atoms with E-state index in [4.69, 9.17) is 5.73 Å². The van der Waals surface area contributed by atoms with Crippen molar-refractivity contribution in [1.82, 2.24) is 9.97 Å². The van der Waals surface area contributed by atoms with E-state index < -0.39 is 0 Å². The third kappa shape index (κ3) is 2.68. The molecule has 1 aromatic heterocycles. The van der Waals surface area contributed by atoms with E-state index in [0.717, 1.165) is 48.2 Å². The molecule has 0 spiro atoms. The van der Waals surface area contributed by atoms with E-state index >= 15 is 0 Å². The number of rotatable bonds is 2. The lowest BCUT2D eigenvalue weighted by atomic mass is 9.92. The van der Waals surface area contributed by atoms with Crippen molar-refractivity contribution in [3.63, 3.8) is 0 Å². The van der Waals surface area contributed by atoms with Crippen molar-refractivity contribution < 1.29 is 0 Å². The van der Waals surface area contributed by atoms with Gasteiger partial charge in [-0.2, -0.15) is 0 Å². The summed E-state index contributed by atoms with van der Waals surface area (Å²) in [6.45, 7) is 2.03. The number of aryl methyl sites for hydroxylation is 1. The minimum atomic E-state index is 0.373. The van der Waals surface area contributed by atoms with E-state index in [0.29, 0.717) is 12.1 Å². The number of nitrogens with two attached hydrogens (primary N) is 1. The van der Waals surface area contributed by atoms with Gasteiger partial charge in [-0.15, -0.1) is 0 Å². The van der Waals surface area contributed by atoms with Gasteiger partial charge in [0.05, 0.1) is 11.2 Å². The Hall–Kier alpha value is -1.68. The molecule has 0 unspecified atom stereocenters. The summed E-state index contributed by atoms with van der Waals surface area (Å²) in [5.74, 6) is 0.747. The fraction of sp³-hybridized carbons (Fsp3) is 0.467. The summed E-state index contributed by atoms with van der Waals surface area (Å²) in [7, 11) is 0. The molecule has 0 aliphatic heterocycles. The van der Waals surface area contributed by atoms with E-state index in [1.54, 1.807) is 0 Å². The molecule has 1 heterocycles. The van der Waals surface area contributed by atoms with Gasteiger partial charge in [-0.25, -0.2) is 9.97 Å². The van der Waals surface area contributed by atoms with Gasteiger partial charge in [0.2, 0.25) is 5.95 Å². The first-order valence-electron chi connectivity index (χ1n) is 6.98. The Morgan fingerprint density at radius 2 is 1.84 bits per heavy atom. The number of nitrogens with zero attached hydrogens (tertiary/aromatic N) is 2. The van der Waals surface area contributed by atoms with Crippen molar-refractivity contribution in [2.45, 2.75) is 44.7 Å². The quantitative estimate of drug-likeness (QED) is 0.867. The Morgan fingerprint density at radius 1 is 1.11 bits per heavy atom. The summed E-state index contributed by atoms with van der Waals surface area (Å²) in [4.78, 5) is 9.16. The number of hydrogen-bond acceptors (Lipinski definition) is 4. The van der Waals surface area contributed by atoms with E-state index in [1.165, 1.54) is 0 Å². The molecular formula is C15H20N4. The molecule has 3 rings (SSSR count). The zero-order valence-corrected chi connectivity index (χ0v) is 11.3. The predicted molar refractivity (Wildman–Crippen MR) is 78.1 cm³/mol. The fourth-order valence-corrected chi connectivity index (χ4v) is 2.75. The van der Waals surface area contributed by atoms with Crippen LogP contribution in [0.3, 0.4) is 0 Å². The molecule has 19 heavy (non-hydrogen) atoms. The summed E-state index contributed by atoms with van der Waals surface area (Å²) < 4.78 is 0. The first-order valence-corrected chi connectivity index (χ1v) is 6.98. The van der Waals surface area contributed by atoms with Crippen molar-refractivity contribution in [3.8, 4) is 0 Å². The maximum Gasteiger partial charge on any atom is 0.223 e. The smallest absolute Gasteiger partial charge is 0.223 e. The summed E-state index contributed by atoms with van der Waals surface area (Å²) in [5, 5.41) is 4.58. The third-order valence-electron chi connectivity index (χ3n) is 3.90. The summed E-state index contributed by atoms with van der Waals surface area (Å²) in [6.07, 6.45) is 4.39. The van der Waals surface area contributed by atoms with Crippen LogP contribution in [0.5, 0.6) is 0 Å². The highest BCUT2D eigenvalue weighted by atomic mass is 15.1. The second kappa shape index (κ2) is 5.13. The van der Waals surface area contributed by atoms with E-state index in [9.17, 15) is 0 Å². The number of aromatic nitrogens is 2. The second-order valence-electron chi connectivity index (χ2n) is 5.41. The Labute approximate surface area is 113 Å². The highest BCUT2D eigenvalue weighted by Crippen LogP contribution is 2.22. The van der Waals surface area contributed by atoms with E-state index in [2.05, 4.69) is 21.4 Å². The molecule has 0 bridgehead atoms. The van der Waals surface area contributed by atoms with Gasteiger partial charge in [-0.1, -0.05) is 18.2 Å². The summed E-state index contributed by atoms with van der Waals surface area (Å²) in [5.41, 5.74) is 7.96. The van der Waals surface area contributed by atoms with Gasteiger partial charge >= 0.3 is 0 Å². The molecule has 0 atom stereocenters. The van der Waals surface area contributed by atoms with E-state index in [1.807, 2.05) is 25.1 Å². The average Bonchev–Trinajstić information content (AvgIpc) is 2.42. The number of anilines is 1. The summed E-state index contributed by atoms with van der Waals surface area (Å²) in [6, 6.07) is 8.96. The van der Waals surface area contributed by atoms with Crippen molar-refractivity contribution in [3.05, 3.63) is 30.0 Å². The molecular weight excluding hydrogens is 236 g/mol.